The summed E-state index contributed by atoms with van der Waals surface area (Å²) in [4.78, 5) is 24.7. The fraction of sp³-hybridized carbons (Fsp3) is 0.600. The van der Waals surface area contributed by atoms with E-state index < -0.39 is 5.97 Å². The number of amides is 1. The highest BCUT2D eigenvalue weighted by Gasteiger charge is 2.18. The van der Waals surface area contributed by atoms with Crippen molar-refractivity contribution < 1.29 is 19.1 Å². The van der Waals surface area contributed by atoms with Crippen molar-refractivity contribution in [1.82, 2.24) is 19.9 Å². The maximum Gasteiger partial charge on any atom is 0.360 e. The van der Waals surface area contributed by atoms with Crippen LogP contribution in [0.4, 0.5) is 0 Å². The molecule has 0 unspecified atom stereocenters. The molecule has 1 saturated heterocycles. The third kappa shape index (κ3) is 2.83. The fourth-order valence-electron chi connectivity index (χ4n) is 1.63. The van der Waals surface area contributed by atoms with Gasteiger partial charge in [-0.05, 0) is 0 Å². The summed E-state index contributed by atoms with van der Waals surface area (Å²) in [5, 5.41) is 7.34. The number of carbonyl (C=O) groups is 2. The molecule has 0 aliphatic carbocycles. The summed E-state index contributed by atoms with van der Waals surface area (Å²) in [6.45, 7) is 2.33. The lowest BCUT2D eigenvalue weighted by Gasteiger charge is -2.26. The van der Waals surface area contributed by atoms with E-state index >= 15 is 0 Å². The smallest absolute Gasteiger partial charge is 0.360 e. The third-order valence-corrected chi connectivity index (χ3v) is 2.59. The van der Waals surface area contributed by atoms with Gasteiger partial charge >= 0.3 is 5.97 Å². The minimum atomic E-state index is -0.569. The number of methoxy groups -OCH3 is 1. The van der Waals surface area contributed by atoms with Gasteiger partial charge in [0.1, 0.15) is 6.54 Å². The van der Waals surface area contributed by atoms with Crippen molar-refractivity contribution in [2.75, 3.05) is 33.4 Å². The Balaban J connectivity index is 1.94. The standard InChI is InChI=1S/C10H14N4O4/c1-17-10(16)8-6-14(12-11-8)7-9(15)13-2-4-18-5-3-13/h6H,2-5,7H2,1H3. The van der Waals surface area contributed by atoms with Crippen LogP contribution >= 0.6 is 0 Å². The van der Waals surface area contributed by atoms with Gasteiger partial charge in [0.25, 0.3) is 0 Å². The van der Waals surface area contributed by atoms with Crippen molar-refractivity contribution in [1.29, 1.82) is 0 Å². The molecule has 1 aromatic rings. The Morgan fingerprint density at radius 1 is 1.44 bits per heavy atom. The van der Waals surface area contributed by atoms with Gasteiger partial charge < -0.3 is 14.4 Å². The Morgan fingerprint density at radius 3 is 2.83 bits per heavy atom. The van der Waals surface area contributed by atoms with Crippen LogP contribution in [-0.4, -0.2) is 65.2 Å². The average molecular weight is 254 g/mol. The lowest BCUT2D eigenvalue weighted by Crippen LogP contribution is -2.42. The lowest BCUT2D eigenvalue weighted by atomic mass is 10.4. The molecule has 1 aromatic heterocycles. The van der Waals surface area contributed by atoms with Crippen molar-refractivity contribution in [2.24, 2.45) is 0 Å². The normalized spacial score (nSPS) is 15.5. The van der Waals surface area contributed by atoms with E-state index in [4.69, 9.17) is 4.74 Å². The van der Waals surface area contributed by atoms with E-state index in [1.165, 1.54) is 18.0 Å². The molecule has 2 heterocycles. The number of nitrogens with zero attached hydrogens (tertiary/aromatic N) is 4. The van der Waals surface area contributed by atoms with Crippen molar-refractivity contribution in [3.05, 3.63) is 11.9 Å². The largest absolute Gasteiger partial charge is 0.464 e. The number of hydrogen-bond donors (Lipinski definition) is 0. The van der Waals surface area contributed by atoms with Crippen LogP contribution in [-0.2, 0) is 20.8 Å². The maximum absolute atomic E-state index is 11.9. The fourth-order valence-corrected chi connectivity index (χ4v) is 1.63. The monoisotopic (exact) mass is 254 g/mol. The minimum Gasteiger partial charge on any atom is -0.464 e. The van der Waals surface area contributed by atoms with Gasteiger partial charge in [-0.2, -0.15) is 0 Å². The van der Waals surface area contributed by atoms with Gasteiger partial charge in [0.2, 0.25) is 5.91 Å². The quantitative estimate of drug-likeness (QED) is 0.638. The van der Waals surface area contributed by atoms with Gasteiger partial charge in [-0.1, -0.05) is 5.21 Å². The summed E-state index contributed by atoms with van der Waals surface area (Å²) in [5.41, 5.74) is 0.0901. The molecule has 0 saturated carbocycles. The van der Waals surface area contributed by atoms with E-state index in [9.17, 15) is 9.59 Å². The van der Waals surface area contributed by atoms with Gasteiger partial charge in [-0.25, -0.2) is 9.48 Å². The Morgan fingerprint density at radius 2 is 2.17 bits per heavy atom. The van der Waals surface area contributed by atoms with Gasteiger partial charge in [0.05, 0.1) is 26.5 Å². The maximum atomic E-state index is 11.9. The van der Waals surface area contributed by atoms with E-state index in [-0.39, 0.29) is 18.1 Å². The molecule has 0 N–H and O–H groups in total. The van der Waals surface area contributed by atoms with Gasteiger partial charge in [0, 0.05) is 13.1 Å². The summed E-state index contributed by atoms with van der Waals surface area (Å²) >= 11 is 0. The molecule has 1 aliphatic rings. The van der Waals surface area contributed by atoms with E-state index in [1.807, 2.05) is 0 Å². The van der Waals surface area contributed by atoms with Gasteiger partial charge in [0.15, 0.2) is 5.69 Å². The van der Waals surface area contributed by atoms with Crippen molar-refractivity contribution >= 4 is 11.9 Å². The average Bonchev–Trinajstić information content (AvgIpc) is 2.87. The second kappa shape index (κ2) is 5.58. The molecule has 98 valence electrons. The first kappa shape index (κ1) is 12.5. The summed E-state index contributed by atoms with van der Waals surface area (Å²) in [6.07, 6.45) is 1.39. The molecule has 18 heavy (non-hydrogen) atoms. The molecule has 0 atom stereocenters. The minimum absolute atomic E-state index is 0.0595. The number of aromatic nitrogens is 3. The summed E-state index contributed by atoms with van der Waals surface area (Å²) < 4.78 is 11.0. The third-order valence-electron chi connectivity index (χ3n) is 2.59. The Labute approximate surface area is 103 Å². The predicted octanol–water partition coefficient (Wildman–Crippen LogP) is -1.08. The Kier molecular flexibility index (Phi) is 3.88. The van der Waals surface area contributed by atoms with E-state index in [0.717, 1.165) is 0 Å². The van der Waals surface area contributed by atoms with Crippen LogP contribution in [0.3, 0.4) is 0 Å². The molecule has 0 bridgehead atoms. The number of carbonyl (C=O) groups excluding carboxylic acids is 2. The first-order chi connectivity index (χ1) is 8.70. The van der Waals surface area contributed by atoms with Crippen LogP contribution < -0.4 is 0 Å². The summed E-state index contributed by atoms with van der Waals surface area (Å²) in [5.74, 6) is -0.639. The van der Waals surface area contributed by atoms with Crippen LogP contribution in [0.1, 0.15) is 10.5 Å². The zero-order valence-corrected chi connectivity index (χ0v) is 10.0. The predicted molar refractivity (Wildman–Crippen MR) is 58.8 cm³/mol. The molecule has 0 aromatic carbocycles. The van der Waals surface area contributed by atoms with Crippen LogP contribution in [0.2, 0.25) is 0 Å². The first-order valence-electron chi connectivity index (χ1n) is 5.54. The molecule has 0 radical (unpaired) electrons. The Bertz CT molecular complexity index is 439. The molecule has 2 rings (SSSR count). The zero-order valence-electron chi connectivity index (χ0n) is 10.0. The molecular weight excluding hydrogens is 240 g/mol. The molecular formula is C10H14N4O4. The number of esters is 1. The second-order valence-corrected chi connectivity index (χ2v) is 3.79. The van der Waals surface area contributed by atoms with Crippen LogP contribution in [0, 0.1) is 0 Å². The van der Waals surface area contributed by atoms with E-state index in [2.05, 4.69) is 15.0 Å². The van der Waals surface area contributed by atoms with E-state index in [0.29, 0.717) is 26.3 Å². The molecule has 1 fully saturated rings. The molecule has 1 aliphatic heterocycles. The number of rotatable bonds is 3. The van der Waals surface area contributed by atoms with Crippen LogP contribution in [0.15, 0.2) is 6.20 Å². The van der Waals surface area contributed by atoms with Crippen LogP contribution in [0.5, 0.6) is 0 Å². The summed E-state index contributed by atoms with van der Waals surface area (Å²) in [7, 11) is 1.26. The highest BCUT2D eigenvalue weighted by atomic mass is 16.5. The number of ether oxygens (including phenoxy) is 2. The van der Waals surface area contributed by atoms with Crippen molar-refractivity contribution in [3.8, 4) is 0 Å². The SMILES string of the molecule is COC(=O)c1cn(CC(=O)N2CCOCC2)nn1. The van der Waals surface area contributed by atoms with Crippen LogP contribution in [0.25, 0.3) is 0 Å². The van der Waals surface area contributed by atoms with E-state index in [1.54, 1.807) is 4.90 Å². The Hall–Kier alpha value is -1.96. The lowest BCUT2D eigenvalue weighted by molar-refractivity contribution is -0.136. The van der Waals surface area contributed by atoms with Crippen molar-refractivity contribution in [2.45, 2.75) is 6.54 Å². The molecule has 0 spiro atoms. The zero-order chi connectivity index (χ0) is 13.0. The number of morpholine rings is 1. The molecule has 8 nitrogen and oxygen atoms in total. The second-order valence-electron chi connectivity index (χ2n) is 3.79. The highest BCUT2D eigenvalue weighted by Crippen LogP contribution is 2.00. The summed E-state index contributed by atoms with van der Waals surface area (Å²) in [6, 6.07) is 0. The first-order valence-corrected chi connectivity index (χ1v) is 5.54. The van der Waals surface area contributed by atoms with Gasteiger partial charge in [-0.3, -0.25) is 4.79 Å². The number of hydrogen-bond acceptors (Lipinski definition) is 6. The highest BCUT2D eigenvalue weighted by molar-refractivity contribution is 5.86. The molecule has 8 heteroatoms. The van der Waals surface area contributed by atoms with Crippen molar-refractivity contribution in [3.63, 3.8) is 0 Å². The topological polar surface area (TPSA) is 86.5 Å². The molecule has 1 amide bonds. The van der Waals surface area contributed by atoms with Gasteiger partial charge in [-0.15, -0.1) is 5.10 Å².